The van der Waals surface area contributed by atoms with Gasteiger partial charge >= 0.3 is 0 Å². The van der Waals surface area contributed by atoms with Crippen molar-refractivity contribution < 1.29 is 14.2 Å². The van der Waals surface area contributed by atoms with Crippen LogP contribution < -0.4 is 4.74 Å². The highest BCUT2D eigenvalue weighted by molar-refractivity contribution is 5.34. The topological polar surface area (TPSA) is 29.5 Å². The van der Waals surface area contributed by atoms with Gasteiger partial charge in [0, 0.05) is 5.56 Å². The number of para-hydroxylation sites is 1. The van der Waals surface area contributed by atoms with E-state index in [1.807, 2.05) is 6.07 Å². The Bertz CT molecular complexity index is 261. The van der Waals surface area contributed by atoms with E-state index in [9.17, 15) is 9.50 Å². The second-order valence-electron chi connectivity index (χ2n) is 2.75. The third-order valence-electron chi connectivity index (χ3n) is 1.70. The van der Waals surface area contributed by atoms with Crippen LogP contribution in [0.3, 0.4) is 0 Å². The lowest BCUT2D eigenvalue weighted by atomic mass is 10.1. The van der Waals surface area contributed by atoms with E-state index in [1.54, 1.807) is 25.1 Å². The van der Waals surface area contributed by atoms with Crippen molar-refractivity contribution in [1.29, 1.82) is 0 Å². The molecule has 0 aliphatic carbocycles. The van der Waals surface area contributed by atoms with Crippen LogP contribution in [0.2, 0.25) is 0 Å². The SMILES string of the molecule is C[C@H](O)c1ccccc1OCCF. The summed E-state index contributed by atoms with van der Waals surface area (Å²) >= 11 is 0. The third kappa shape index (κ3) is 2.70. The highest BCUT2D eigenvalue weighted by Gasteiger charge is 2.07. The molecule has 1 rings (SSSR count). The van der Waals surface area contributed by atoms with Crippen molar-refractivity contribution in [3.8, 4) is 5.75 Å². The maximum absolute atomic E-state index is 11.8. The molecule has 1 atom stereocenters. The summed E-state index contributed by atoms with van der Waals surface area (Å²) in [6, 6.07) is 7.08. The van der Waals surface area contributed by atoms with E-state index in [-0.39, 0.29) is 6.61 Å². The largest absolute Gasteiger partial charge is 0.490 e. The Kier molecular flexibility index (Phi) is 3.71. The first-order valence-electron chi connectivity index (χ1n) is 4.21. The summed E-state index contributed by atoms with van der Waals surface area (Å²) in [6.07, 6.45) is -0.587. The highest BCUT2D eigenvalue weighted by Crippen LogP contribution is 2.24. The van der Waals surface area contributed by atoms with E-state index in [0.717, 1.165) is 0 Å². The first-order valence-corrected chi connectivity index (χ1v) is 4.21. The molecule has 13 heavy (non-hydrogen) atoms. The second-order valence-corrected chi connectivity index (χ2v) is 2.75. The van der Waals surface area contributed by atoms with Crippen molar-refractivity contribution in [2.75, 3.05) is 13.3 Å². The molecule has 0 saturated carbocycles. The zero-order chi connectivity index (χ0) is 9.68. The van der Waals surface area contributed by atoms with Gasteiger partial charge in [-0.05, 0) is 13.0 Å². The van der Waals surface area contributed by atoms with E-state index < -0.39 is 12.8 Å². The van der Waals surface area contributed by atoms with Gasteiger partial charge in [-0.15, -0.1) is 0 Å². The summed E-state index contributed by atoms with van der Waals surface area (Å²) < 4.78 is 16.9. The van der Waals surface area contributed by atoms with Gasteiger partial charge in [0.15, 0.2) is 0 Å². The Labute approximate surface area is 77.0 Å². The fourth-order valence-corrected chi connectivity index (χ4v) is 1.11. The minimum Gasteiger partial charge on any atom is -0.490 e. The van der Waals surface area contributed by atoms with Gasteiger partial charge in [0.2, 0.25) is 0 Å². The van der Waals surface area contributed by atoms with Crippen molar-refractivity contribution in [1.82, 2.24) is 0 Å². The molecule has 2 nitrogen and oxygen atoms in total. The van der Waals surface area contributed by atoms with Crippen LogP contribution in [-0.2, 0) is 0 Å². The Morgan fingerprint density at radius 3 is 2.77 bits per heavy atom. The molecule has 0 radical (unpaired) electrons. The lowest BCUT2D eigenvalue weighted by Gasteiger charge is -2.11. The minimum atomic E-state index is -0.587. The molecule has 0 saturated heterocycles. The third-order valence-corrected chi connectivity index (χ3v) is 1.70. The quantitative estimate of drug-likeness (QED) is 0.776. The first-order chi connectivity index (χ1) is 6.25. The number of alkyl halides is 1. The summed E-state index contributed by atoms with van der Waals surface area (Å²) in [5.74, 6) is 0.551. The molecule has 0 aliphatic heterocycles. The summed E-state index contributed by atoms with van der Waals surface area (Å²) in [7, 11) is 0. The monoisotopic (exact) mass is 184 g/mol. The molecule has 1 N–H and O–H groups in total. The van der Waals surface area contributed by atoms with Crippen LogP contribution in [0.5, 0.6) is 5.75 Å². The molecule has 1 aromatic carbocycles. The van der Waals surface area contributed by atoms with Crippen LogP contribution >= 0.6 is 0 Å². The van der Waals surface area contributed by atoms with Crippen LogP contribution in [0.4, 0.5) is 4.39 Å². The van der Waals surface area contributed by atoms with Crippen LogP contribution in [0, 0.1) is 0 Å². The molecule has 0 bridgehead atoms. The number of aliphatic hydroxyl groups excluding tert-OH is 1. The standard InChI is InChI=1S/C10H13FO2/c1-8(12)9-4-2-3-5-10(9)13-7-6-11/h2-5,8,12H,6-7H2,1H3/t8-/m0/s1. The maximum atomic E-state index is 11.8. The lowest BCUT2D eigenvalue weighted by molar-refractivity contribution is 0.189. The molecule has 0 spiro atoms. The van der Waals surface area contributed by atoms with Crippen molar-refractivity contribution in [3.63, 3.8) is 0 Å². The zero-order valence-electron chi connectivity index (χ0n) is 7.53. The average Bonchev–Trinajstić information content (AvgIpc) is 2.15. The molecule has 3 heteroatoms. The van der Waals surface area contributed by atoms with Gasteiger partial charge in [-0.1, -0.05) is 18.2 Å². The Morgan fingerprint density at radius 2 is 2.15 bits per heavy atom. The summed E-state index contributed by atoms with van der Waals surface area (Å²) in [6.45, 7) is 1.16. The average molecular weight is 184 g/mol. The number of rotatable bonds is 4. The van der Waals surface area contributed by atoms with Gasteiger partial charge in [0.05, 0.1) is 6.10 Å². The highest BCUT2D eigenvalue weighted by atomic mass is 19.1. The van der Waals surface area contributed by atoms with E-state index in [1.165, 1.54) is 0 Å². The minimum absolute atomic E-state index is 0.0315. The molecular weight excluding hydrogens is 171 g/mol. The molecule has 0 aliphatic rings. The number of aliphatic hydroxyl groups is 1. The fourth-order valence-electron chi connectivity index (χ4n) is 1.11. The van der Waals surface area contributed by atoms with Gasteiger partial charge in [-0.3, -0.25) is 0 Å². The molecule has 1 aromatic rings. The number of halogens is 1. The number of benzene rings is 1. The normalized spacial score (nSPS) is 12.5. The second kappa shape index (κ2) is 4.82. The van der Waals surface area contributed by atoms with Crippen molar-refractivity contribution in [2.24, 2.45) is 0 Å². The molecule has 0 unspecified atom stereocenters. The lowest BCUT2D eigenvalue weighted by Crippen LogP contribution is -2.02. The van der Waals surface area contributed by atoms with Gasteiger partial charge < -0.3 is 9.84 Å². The molecule has 72 valence electrons. The van der Waals surface area contributed by atoms with Crippen LogP contribution in [0.25, 0.3) is 0 Å². The van der Waals surface area contributed by atoms with E-state index in [4.69, 9.17) is 4.74 Å². The number of ether oxygens (including phenoxy) is 1. The Balaban J connectivity index is 2.78. The summed E-state index contributed by atoms with van der Waals surface area (Å²) in [4.78, 5) is 0. The maximum Gasteiger partial charge on any atom is 0.125 e. The number of hydrogen-bond donors (Lipinski definition) is 1. The predicted octanol–water partition coefficient (Wildman–Crippen LogP) is 2.09. The van der Waals surface area contributed by atoms with E-state index in [2.05, 4.69) is 0 Å². The van der Waals surface area contributed by atoms with E-state index >= 15 is 0 Å². The van der Waals surface area contributed by atoms with Crippen molar-refractivity contribution in [3.05, 3.63) is 29.8 Å². The molecule has 0 amide bonds. The van der Waals surface area contributed by atoms with Crippen molar-refractivity contribution in [2.45, 2.75) is 13.0 Å². The first kappa shape index (κ1) is 9.99. The van der Waals surface area contributed by atoms with Crippen LogP contribution in [-0.4, -0.2) is 18.4 Å². The smallest absolute Gasteiger partial charge is 0.125 e. The zero-order valence-corrected chi connectivity index (χ0v) is 7.53. The van der Waals surface area contributed by atoms with Gasteiger partial charge in [-0.2, -0.15) is 0 Å². The van der Waals surface area contributed by atoms with Crippen molar-refractivity contribution >= 4 is 0 Å². The molecular formula is C10H13FO2. The fraction of sp³-hybridized carbons (Fsp3) is 0.400. The Hall–Kier alpha value is -1.09. The summed E-state index contributed by atoms with van der Waals surface area (Å²) in [5.41, 5.74) is 0.691. The Morgan fingerprint density at radius 1 is 1.46 bits per heavy atom. The van der Waals surface area contributed by atoms with Crippen LogP contribution in [0.1, 0.15) is 18.6 Å². The van der Waals surface area contributed by atoms with E-state index in [0.29, 0.717) is 11.3 Å². The van der Waals surface area contributed by atoms with Gasteiger partial charge in [0.1, 0.15) is 19.0 Å². The van der Waals surface area contributed by atoms with Gasteiger partial charge in [0.25, 0.3) is 0 Å². The van der Waals surface area contributed by atoms with Crippen LogP contribution in [0.15, 0.2) is 24.3 Å². The molecule has 0 aromatic heterocycles. The summed E-state index contributed by atoms with van der Waals surface area (Å²) in [5, 5.41) is 9.33. The molecule has 0 fully saturated rings. The number of hydrogen-bond acceptors (Lipinski definition) is 2. The predicted molar refractivity (Wildman–Crippen MR) is 48.5 cm³/mol. The molecule has 0 heterocycles. The van der Waals surface area contributed by atoms with Gasteiger partial charge in [-0.25, -0.2) is 4.39 Å².